The van der Waals surface area contributed by atoms with Gasteiger partial charge < -0.3 is 14.9 Å². The molecular weight excluding hydrogens is 454 g/mol. The highest BCUT2D eigenvalue weighted by Crippen LogP contribution is 2.39. The molecule has 1 N–H and O–H groups in total. The molecule has 1 aliphatic rings. The molecule has 0 aliphatic carbocycles. The van der Waals surface area contributed by atoms with E-state index < -0.39 is 27.8 Å². The first kappa shape index (κ1) is 25.6. The molecule has 34 heavy (non-hydrogen) atoms. The molecule has 0 spiro atoms. The fraction of sp³-hybridized carbons (Fsp3) is 0.360. The molecule has 8 nitrogen and oxygen atoms in total. The lowest BCUT2D eigenvalue weighted by molar-refractivity contribution is -0.139. The van der Waals surface area contributed by atoms with Gasteiger partial charge in [0.25, 0.3) is 11.7 Å². The van der Waals surface area contributed by atoms with Crippen LogP contribution in [0.25, 0.3) is 5.76 Å². The van der Waals surface area contributed by atoms with Crippen LogP contribution in [0.15, 0.2) is 59.0 Å². The Morgan fingerprint density at radius 2 is 1.56 bits per heavy atom. The number of rotatable bonds is 8. The van der Waals surface area contributed by atoms with E-state index in [1.165, 1.54) is 43.3 Å². The Kier molecular flexibility index (Phi) is 7.60. The third kappa shape index (κ3) is 5.06. The number of benzene rings is 2. The molecule has 1 heterocycles. The fourth-order valence-corrected chi connectivity index (χ4v) is 4.82. The third-order valence-electron chi connectivity index (χ3n) is 5.84. The van der Waals surface area contributed by atoms with Gasteiger partial charge in [0.15, 0.2) is 0 Å². The van der Waals surface area contributed by atoms with Crippen LogP contribution in [0.5, 0.6) is 0 Å². The van der Waals surface area contributed by atoms with Gasteiger partial charge in [0, 0.05) is 26.2 Å². The number of amides is 1. The van der Waals surface area contributed by atoms with E-state index in [2.05, 4.69) is 0 Å². The Hall–Kier alpha value is -3.01. The van der Waals surface area contributed by atoms with Crippen LogP contribution in [0.4, 0.5) is 0 Å². The monoisotopic (exact) mass is 485 g/mol. The number of aryl methyl sites for hydroxylation is 1. The van der Waals surface area contributed by atoms with Gasteiger partial charge in [0.05, 0.1) is 16.5 Å². The van der Waals surface area contributed by atoms with Crippen molar-refractivity contribution in [3.63, 3.8) is 0 Å². The summed E-state index contributed by atoms with van der Waals surface area (Å²) >= 11 is 0. The lowest BCUT2D eigenvalue weighted by atomic mass is 9.94. The average Bonchev–Trinajstić information content (AvgIpc) is 3.04. The van der Waals surface area contributed by atoms with Crippen LogP contribution in [0, 0.1) is 6.92 Å². The predicted octanol–water partition coefficient (Wildman–Crippen LogP) is 2.62. The number of ketones is 1. The van der Waals surface area contributed by atoms with Crippen LogP contribution >= 0.6 is 0 Å². The molecule has 182 valence electrons. The number of carbonyl (C=O) groups excluding carboxylic acids is 2. The number of hydrogen-bond donors (Lipinski definition) is 1. The SMILES string of the molecule is Cc1ccc([C@@H]2C(=C(O)c3ccc(S(=O)(=O)N(C)C)cc3)C(=O)C(=O)N2CCCN(C)C)cc1. The maximum absolute atomic E-state index is 13.1. The normalized spacial score (nSPS) is 18.3. The number of Topliss-reactive ketones (excluding diaryl/α,β-unsaturated/α-hetero) is 1. The predicted molar refractivity (Wildman–Crippen MR) is 131 cm³/mol. The molecular formula is C25H31N3O5S. The highest BCUT2D eigenvalue weighted by Gasteiger charge is 2.45. The van der Waals surface area contributed by atoms with Gasteiger partial charge in [-0.25, -0.2) is 12.7 Å². The lowest BCUT2D eigenvalue weighted by Gasteiger charge is -2.26. The van der Waals surface area contributed by atoms with Crippen LogP contribution in [0.3, 0.4) is 0 Å². The summed E-state index contributed by atoms with van der Waals surface area (Å²) < 4.78 is 25.8. The highest BCUT2D eigenvalue weighted by molar-refractivity contribution is 7.89. The van der Waals surface area contributed by atoms with Crippen molar-refractivity contribution in [3.8, 4) is 0 Å². The molecule has 0 radical (unpaired) electrons. The zero-order chi connectivity index (χ0) is 25.2. The van der Waals surface area contributed by atoms with E-state index in [0.717, 1.165) is 22.0 Å². The van der Waals surface area contributed by atoms with Gasteiger partial charge in [-0.3, -0.25) is 9.59 Å². The molecule has 2 aromatic rings. The number of likely N-dealkylation sites (tertiary alicyclic amines) is 1. The van der Waals surface area contributed by atoms with Gasteiger partial charge in [0.2, 0.25) is 10.0 Å². The topological polar surface area (TPSA) is 98.2 Å². The summed E-state index contributed by atoms with van der Waals surface area (Å²) in [5.74, 6) is -1.73. The summed E-state index contributed by atoms with van der Waals surface area (Å²) in [6.07, 6.45) is 0.666. The largest absolute Gasteiger partial charge is 0.507 e. The van der Waals surface area contributed by atoms with Crippen LogP contribution in [0.2, 0.25) is 0 Å². The summed E-state index contributed by atoms with van der Waals surface area (Å²) in [5.41, 5.74) is 2.03. The van der Waals surface area contributed by atoms with Crippen LogP contribution < -0.4 is 0 Å². The quantitative estimate of drug-likeness (QED) is 0.351. The second-order valence-corrected chi connectivity index (χ2v) is 11.0. The minimum Gasteiger partial charge on any atom is -0.507 e. The first-order valence-electron chi connectivity index (χ1n) is 11.0. The van der Waals surface area contributed by atoms with Crippen molar-refractivity contribution in [1.29, 1.82) is 0 Å². The van der Waals surface area contributed by atoms with Gasteiger partial charge in [-0.1, -0.05) is 29.8 Å². The van der Waals surface area contributed by atoms with Gasteiger partial charge in [-0.2, -0.15) is 0 Å². The second-order valence-electron chi connectivity index (χ2n) is 8.87. The zero-order valence-corrected chi connectivity index (χ0v) is 21.0. The molecule has 0 bridgehead atoms. The van der Waals surface area contributed by atoms with E-state index in [1.807, 2.05) is 50.2 Å². The standard InChI is InChI=1S/C25H31N3O5S/c1-17-7-9-18(10-8-17)22-21(24(30)25(31)28(22)16-6-15-26(2)3)23(29)19-11-13-20(14-12-19)34(32,33)27(4)5/h7-14,22,29H,6,15-16H2,1-5H3/t22-/m1/s1. The molecule has 1 amide bonds. The van der Waals surface area contributed by atoms with Gasteiger partial charge in [0.1, 0.15) is 5.76 Å². The molecule has 1 atom stereocenters. The van der Waals surface area contributed by atoms with E-state index in [4.69, 9.17) is 0 Å². The van der Waals surface area contributed by atoms with Gasteiger partial charge >= 0.3 is 0 Å². The minimum atomic E-state index is -3.64. The van der Waals surface area contributed by atoms with Gasteiger partial charge in [-0.15, -0.1) is 0 Å². The molecule has 0 aromatic heterocycles. The van der Waals surface area contributed by atoms with Crippen molar-refractivity contribution in [1.82, 2.24) is 14.1 Å². The van der Waals surface area contributed by atoms with E-state index in [9.17, 15) is 23.1 Å². The van der Waals surface area contributed by atoms with Crippen molar-refractivity contribution in [2.24, 2.45) is 0 Å². The Balaban J connectivity index is 2.08. The maximum atomic E-state index is 13.1. The molecule has 0 unspecified atom stereocenters. The summed E-state index contributed by atoms with van der Waals surface area (Å²) in [5, 5.41) is 11.1. The number of aliphatic hydroxyl groups is 1. The summed E-state index contributed by atoms with van der Waals surface area (Å²) in [6, 6.07) is 12.4. The van der Waals surface area contributed by atoms with Crippen LogP contribution in [-0.2, 0) is 19.6 Å². The Morgan fingerprint density at radius 1 is 0.971 bits per heavy atom. The average molecular weight is 486 g/mol. The van der Waals surface area contributed by atoms with Crippen molar-refractivity contribution in [2.75, 3.05) is 41.3 Å². The first-order valence-corrected chi connectivity index (χ1v) is 12.4. The van der Waals surface area contributed by atoms with Crippen LogP contribution in [-0.4, -0.2) is 80.6 Å². The molecule has 9 heteroatoms. The minimum absolute atomic E-state index is 0.00178. The number of hydrogen-bond acceptors (Lipinski definition) is 6. The van der Waals surface area contributed by atoms with Crippen LogP contribution in [0.1, 0.15) is 29.2 Å². The number of sulfonamides is 1. The summed E-state index contributed by atoms with van der Waals surface area (Å²) in [6.45, 7) is 3.05. The molecule has 0 saturated carbocycles. The van der Waals surface area contributed by atoms with Gasteiger partial charge in [-0.05, 0) is 63.8 Å². The zero-order valence-electron chi connectivity index (χ0n) is 20.1. The smallest absolute Gasteiger partial charge is 0.295 e. The Morgan fingerprint density at radius 3 is 2.09 bits per heavy atom. The molecule has 1 aliphatic heterocycles. The maximum Gasteiger partial charge on any atom is 0.295 e. The number of carbonyl (C=O) groups is 2. The molecule has 1 fully saturated rings. The Labute approximate surface area is 201 Å². The van der Waals surface area contributed by atoms with Crippen molar-refractivity contribution in [3.05, 3.63) is 70.8 Å². The van der Waals surface area contributed by atoms with Crippen molar-refractivity contribution >= 4 is 27.5 Å². The number of aliphatic hydroxyl groups excluding tert-OH is 1. The number of nitrogens with zero attached hydrogens (tertiary/aromatic N) is 3. The van der Waals surface area contributed by atoms with Crippen molar-refractivity contribution < 1.29 is 23.1 Å². The highest BCUT2D eigenvalue weighted by atomic mass is 32.2. The first-order chi connectivity index (χ1) is 15.9. The van der Waals surface area contributed by atoms with E-state index in [1.54, 1.807) is 0 Å². The molecule has 1 saturated heterocycles. The van der Waals surface area contributed by atoms with E-state index in [-0.39, 0.29) is 21.8 Å². The fourth-order valence-electron chi connectivity index (χ4n) is 3.91. The summed E-state index contributed by atoms with van der Waals surface area (Å²) in [4.78, 5) is 29.6. The molecule has 3 rings (SSSR count). The molecule has 2 aromatic carbocycles. The summed E-state index contributed by atoms with van der Waals surface area (Å²) in [7, 11) is 3.10. The lowest BCUT2D eigenvalue weighted by Crippen LogP contribution is -2.32. The third-order valence-corrected chi connectivity index (χ3v) is 7.67. The van der Waals surface area contributed by atoms with E-state index in [0.29, 0.717) is 13.0 Å². The Bertz CT molecular complexity index is 1200. The van der Waals surface area contributed by atoms with Crippen molar-refractivity contribution in [2.45, 2.75) is 24.3 Å². The second kappa shape index (κ2) is 10.1. The van der Waals surface area contributed by atoms with E-state index >= 15 is 0 Å².